The molecule has 294 valence electrons. The second-order valence-corrected chi connectivity index (χ2v) is 22.0. The third-order valence-corrected chi connectivity index (χ3v) is 12.2. The molecule has 0 unspecified atom stereocenters. The number of halogens is 2. The van der Waals surface area contributed by atoms with Crippen LogP contribution in [0, 0.1) is 38.5 Å². The molecule has 2 aliphatic rings. The standard InChI is InChI=1S/2C25H29.C2H6Si.2ClH.Zr/c2*1-4-9-25(10-6-11-25)17-20-15-21-7-5-8-23(24(21)16-20)22-13-18(2)12-19(3)14-22;1-3-2;;;/h2*5,7-8,12-16H,4,6,9-11,17H2,1-3H3;1-2H3;2*1H;/q2*-1;;;;+4/p-2. The predicted octanol–water partition coefficient (Wildman–Crippen LogP) is 16.9. The first-order valence-electron chi connectivity index (χ1n) is 21.1. The molecule has 6 aromatic rings. The molecule has 0 atom stereocenters. The van der Waals surface area contributed by atoms with E-state index < -0.39 is 20.8 Å². The van der Waals surface area contributed by atoms with Crippen molar-refractivity contribution in [2.45, 2.75) is 132 Å². The van der Waals surface area contributed by atoms with Crippen molar-refractivity contribution in [1.82, 2.24) is 0 Å². The Morgan fingerprint density at radius 2 is 0.911 bits per heavy atom. The second kappa shape index (κ2) is 21.2. The number of benzene rings is 4. The summed E-state index contributed by atoms with van der Waals surface area (Å²) in [4.78, 5) is 0. The molecule has 2 radical (unpaired) electrons. The summed E-state index contributed by atoms with van der Waals surface area (Å²) < 4.78 is 0. The minimum absolute atomic E-state index is 0.596. The first-order valence-corrected chi connectivity index (χ1v) is 29.4. The molecule has 2 aliphatic carbocycles. The number of aryl methyl sites for hydroxylation is 4. The van der Waals surface area contributed by atoms with Crippen molar-refractivity contribution >= 4 is 48.1 Å². The Morgan fingerprint density at radius 3 is 1.20 bits per heavy atom. The summed E-state index contributed by atoms with van der Waals surface area (Å²) >= 11 is -0.826. The van der Waals surface area contributed by atoms with Gasteiger partial charge in [0.1, 0.15) is 0 Å². The number of hydrogen-bond donors (Lipinski definition) is 0. The van der Waals surface area contributed by atoms with Gasteiger partial charge in [0.25, 0.3) is 0 Å². The molecular weight excluding hydrogens is 815 g/mol. The van der Waals surface area contributed by atoms with E-state index in [9.17, 15) is 0 Å². The maximum atomic E-state index is 4.93. The van der Waals surface area contributed by atoms with Gasteiger partial charge in [-0.05, 0) is 101 Å². The van der Waals surface area contributed by atoms with Crippen LogP contribution in [-0.4, -0.2) is 9.52 Å². The van der Waals surface area contributed by atoms with Gasteiger partial charge in [-0.2, -0.15) is 12.1 Å². The van der Waals surface area contributed by atoms with Crippen molar-refractivity contribution in [3.8, 4) is 22.3 Å². The summed E-state index contributed by atoms with van der Waals surface area (Å²) in [5.74, 6) is 0. The maximum absolute atomic E-state index is 4.93. The number of hydrogen-bond acceptors (Lipinski definition) is 0. The van der Waals surface area contributed by atoms with Crippen LogP contribution in [0.15, 0.2) is 97.1 Å². The van der Waals surface area contributed by atoms with Crippen molar-refractivity contribution in [2.75, 3.05) is 0 Å². The Kier molecular flexibility index (Phi) is 17.0. The molecule has 0 saturated heterocycles. The monoisotopic (exact) mass is 876 g/mol. The average molecular weight is 879 g/mol. The van der Waals surface area contributed by atoms with E-state index in [2.05, 4.69) is 152 Å². The Morgan fingerprint density at radius 1 is 0.571 bits per heavy atom. The van der Waals surface area contributed by atoms with Gasteiger partial charge in [-0.15, -0.1) is 69.1 Å². The van der Waals surface area contributed by atoms with Crippen LogP contribution in [0.25, 0.3) is 43.8 Å². The molecule has 0 heterocycles. The molecule has 0 N–H and O–H groups in total. The van der Waals surface area contributed by atoms with Crippen LogP contribution in [0.1, 0.15) is 111 Å². The topological polar surface area (TPSA) is 0 Å². The van der Waals surface area contributed by atoms with Gasteiger partial charge in [-0.1, -0.05) is 135 Å². The van der Waals surface area contributed by atoms with Gasteiger partial charge in [0.15, 0.2) is 0 Å². The molecule has 0 aromatic heterocycles. The van der Waals surface area contributed by atoms with Gasteiger partial charge in [0, 0.05) is 9.52 Å². The van der Waals surface area contributed by atoms with E-state index in [1.165, 1.54) is 143 Å². The summed E-state index contributed by atoms with van der Waals surface area (Å²) in [5.41, 5.74) is 15.1. The van der Waals surface area contributed by atoms with E-state index in [4.69, 9.17) is 17.0 Å². The fourth-order valence-electron chi connectivity index (χ4n) is 9.87. The zero-order chi connectivity index (χ0) is 40.3. The van der Waals surface area contributed by atoms with Crippen LogP contribution in [-0.2, 0) is 33.7 Å². The van der Waals surface area contributed by atoms with Crippen molar-refractivity contribution in [1.29, 1.82) is 0 Å². The van der Waals surface area contributed by atoms with Gasteiger partial charge in [0.2, 0.25) is 0 Å². The fraction of sp³-hybridized carbons (Fsp3) is 0.423. The molecule has 56 heavy (non-hydrogen) atoms. The Labute approximate surface area is 361 Å². The van der Waals surface area contributed by atoms with Crippen molar-refractivity contribution < 1.29 is 20.8 Å². The van der Waals surface area contributed by atoms with Gasteiger partial charge < -0.3 is 0 Å². The van der Waals surface area contributed by atoms with E-state index in [0.717, 1.165) is 9.52 Å². The third kappa shape index (κ3) is 11.5. The zero-order valence-electron chi connectivity index (χ0n) is 35.5. The van der Waals surface area contributed by atoms with Gasteiger partial charge in [0.05, 0.1) is 0 Å². The molecule has 0 nitrogen and oxygen atoms in total. The first kappa shape index (κ1) is 44.9. The molecule has 0 bridgehead atoms. The van der Waals surface area contributed by atoms with Crippen molar-refractivity contribution in [2.24, 2.45) is 10.8 Å². The second-order valence-electron chi connectivity index (χ2n) is 17.2. The van der Waals surface area contributed by atoms with Gasteiger partial charge in [-0.3, -0.25) is 0 Å². The molecule has 0 amide bonds. The van der Waals surface area contributed by atoms with Crippen LogP contribution in [0.2, 0.25) is 13.1 Å². The van der Waals surface area contributed by atoms with E-state index in [-0.39, 0.29) is 0 Å². The molecule has 2 fully saturated rings. The average Bonchev–Trinajstić information content (AvgIpc) is 3.73. The van der Waals surface area contributed by atoms with Crippen molar-refractivity contribution in [3.05, 3.63) is 130 Å². The minimum atomic E-state index is -0.826. The summed E-state index contributed by atoms with van der Waals surface area (Å²) in [6, 6.07) is 37.2. The van der Waals surface area contributed by atoms with Crippen LogP contribution >= 0.6 is 17.0 Å². The molecule has 8 rings (SSSR count). The van der Waals surface area contributed by atoms with E-state index in [1.54, 1.807) is 11.1 Å². The van der Waals surface area contributed by atoms with E-state index >= 15 is 0 Å². The molecule has 0 spiro atoms. The van der Waals surface area contributed by atoms with Gasteiger partial charge >= 0.3 is 37.9 Å². The van der Waals surface area contributed by atoms with Crippen LogP contribution in [0.5, 0.6) is 0 Å². The SMILES string of the molecule is CCCC1(Cc2cc3c(-c4cc(C)cc(C)c4)cccc3[cH-]2)CCC1.CCCC1(Cc2cc3c(-c4cc(C)cc(C)c4)cccc3[cH-]2)CCC1.C[Si]C.[Cl][Zr+2][Cl]. The zero-order valence-corrected chi connectivity index (χ0v) is 40.4. The van der Waals surface area contributed by atoms with Crippen LogP contribution < -0.4 is 0 Å². The Balaban J connectivity index is 0.000000188. The Bertz CT molecular complexity index is 1950. The van der Waals surface area contributed by atoms with Crippen molar-refractivity contribution in [3.63, 3.8) is 0 Å². The van der Waals surface area contributed by atoms with E-state index in [0.29, 0.717) is 10.8 Å². The predicted molar refractivity (Wildman–Crippen MR) is 248 cm³/mol. The van der Waals surface area contributed by atoms with E-state index in [1.807, 2.05) is 0 Å². The summed E-state index contributed by atoms with van der Waals surface area (Å²) in [7, 11) is 11.0. The normalized spacial score (nSPS) is 14.9. The molecule has 6 aromatic carbocycles. The molecule has 4 heteroatoms. The quantitative estimate of drug-likeness (QED) is 0.0950. The van der Waals surface area contributed by atoms with Gasteiger partial charge in [-0.25, -0.2) is 0 Å². The number of rotatable bonds is 10. The molecule has 2 saturated carbocycles. The van der Waals surface area contributed by atoms with Crippen LogP contribution in [0.4, 0.5) is 0 Å². The summed E-state index contributed by atoms with van der Waals surface area (Å²) in [6.45, 7) is 17.7. The summed E-state index contributed by atoms with van der Waals surface area (Å²) in [5, 5.41) is 5.65. The molecule has 0 aliphatic heterocycles. The van der Waals surface area contributed by atoms with Crippen LogP contribution in [0.3, 0.4) is 0 Å². The summed E-state index contributed by atoms with van der Waals surface area (Å²) in [6.07, 6.45) is 16.5. The first-order chi connectivity index (χ1) is 27.0. The number of fused-ring (bicyclic) bond motifs is 2. The fourth-order valence-corrected chi connectivity index (χ4v) is 9.87. The molecular formula is C52H64Cl2SiZr. The third-order valence-electron chi connectivity index (χ3n) is 12.2. The Hall–Kier alpha value is -2.22.